The number of aliphatic hydroxyl groups excluding tert-OH is 2. The number of halogens is 1. The normalized spacial score (nSPS) is 12.0. The highest BCUT2D eigenvalue weighted by atomic mass is 127. The first-order valence-corrected chi connectivity index (χ1v) is 8.85. The highest BCUT2D eigenvalue weighted by molar-refractivity contribution is 14.1. The van der Waals surface area contributed by atoms with Crippen LogP contribution in [0.15, 0.2) is 34.4 Å². The molecule has 0 amide bonds. The van der Waals surface area contributed by atoms with Gasteiger partial charge < -0.3 is 20.7 Å². The summed E-state index contributed by atoms with van der Waals surface area (Å²) in [5.74, 6) is 0.872. The zero-order valence-electron chi connectivity index (χ0n) is 12.9. The summed E-state index contributed by atoms with van der Waals surface area (Å²) < 4.78 is 7.74. The Labute approximate surface area is 146 Å². The molecule has 0 aromatic heterocycles. The summed E-state index contributed by atoms with van der Waals surface area (Å²) in [6.45, 7) is 0.310. The van der Waals surface area contributed by atoms with Gasteiger partial charge in [0.25, 0.3) is 0 Å². The van der Waals surface area contributed by atoms with Crippen molar-refractivity contribution < 1.29 is 14.9 Å². The second-order valence-corrected chi connectivity index (χ2v) is 6.25. The Bertz CT molecular complexity index is 430. The zero-order valence-corrected chi connectivity index (χ0v) is 15.0. The summed E-state index contributed by atoms with van der Waals surface area (Å²) in [6, 6.07) is 7.92. The smallest absolute Gasteiger partial charge is 0.119 e. The summed E-state index contributed by atoms with van der Waals surface area (Å²) in [5.41, 5.74) is 6.08. The molecule has 22 heavy (non-hydrogen) atoms. The third-order valence-electron chi connectivity index (χ3n) is 3.59. The first kappa shape index (κ1) is 19.4. The van der Waals surface area contributed by atoms with E-state index >= 15 is 0 Å². The number of benzene rings is 1. The molecule has 0 aliphatic heterocycles. The zero-order chi connectivity index (χ0) is 16.3. The fourth-order valence-electron chi connectivity index (χ4n) is 1.97. The number of aliphatic hydroxyl groups is 2. The molecular weight excluding hydrogens is 393 g/mol. The molecule has 0 heterocycles. The second kappa shape index (κ2) is 11.0. The van der Waals surface area contributed by atoms with Crippen molar-refractivity contribution >= 4 is 22.6 Å². The van der Waals surface area contributed by atoms with Gasteiger partial charge in [0.05, 0.1) is 25.4 Å². The molecule has 0 saturated carbocycles. The minimum Gasteiger partial charge on any atom is -0.494 e. The third-order valence-corrected chi connectivity index (χ3v) is 4.10. The highest BCUT2D eigenvalue weighted by Crippen LogP contribution is 2.16. The number of unbranched alkanes of at least 4 members (excludes halogenated alkanes) is 2. The van der Waals surface area contributed by atoms with Gasteiger partial charge in [0.2, 0.25) is 0 Å². The Morgan fingerprint density at radius 3 is 2.41 bits per heavy atom. The number of allylic oxidation sites excluding steroid dienone is 1. The number of rotatable bonds is 11. The van der Waals surface area contributed by atoms with Gasteiger partial charge in [-0.2, -0.15) is 0 Å². The Morgan fingerprint density at radius 2 is 1.82 bits per heavy atom. The van der Waals surface area contributed by atoms with Gasteiger partial charge in [0, 0.05) is 0 Å². The predicted molar refractivity (Wildman–Crippen MR) is 98.4 cm³/mol. The predicted octanol–water partition coefficient (Wildman–Crippen LogP) is 2.80. The monoisotopic (exact) mass is 419 g/mol. The first-order valence-electron chi connectivity index (χ1n) is 7.61. The molecule has 1 aromatic carbocycles. The van der Waals surface area contributed by atoms with Crippen molar-refractivity contribution in [2.75, 3.05) is 19.8 Å². The fraction of sp³-hybridized carbons (Fsp3) is 0.529. The second-order valence-electron chi connectivity index (χ2n) is 5.53. The summed E-state index contributed by atoms with van der Waals surface area (Å²) in [7, 11) is 0. The molecule has 0 aliphatic carbocycles. The van der Waals surface area contributed by atoms with Crippen LogP contribution in [-0.2, 0) is 6.42 Å². The van der Waals surface area contributed by atoms with Crippen molar-refractivity contribution in [2.24, 2.45) is 5.73 Å². The largest absolute Gasteiger partial charge is 0.494 e. The van der Waals surface area contributed by atoms with Crippen LogP contribution in [0.2, 0.25) is 0 Å². The molecule has 4 N–H and O–H groups in total. The minimum absolute atomic E-state index is 0.211. The van der Waals surface area contributed by atoms with E-state index in [4.69, 9.17) is 10.5 Å². The molecule has 5 heteroatoms. The summed E-state index contributed by atoms with van der Waals surface area (Å²) in [4.78, 5) is 0. The van der Waals surface area contributed by atoms with Crippen LogP contribution < -0.4 is 10.5 Å². The average Bonchev–Trinajstić information content (AvgIpc) is 2.57. The fourth-order valence-corrected chi connectivity index (χ4v) is 2.33. The van der Waals surface area contributed by atoms with Gasteiger partial charge in [-0.1, -0.05) is 40.8 Å². The number of hydrogen-bond acceptors (Lipinski definition) is 4. The number of hydrogen-bond donors (Lipinski definition) is 3. The highest BCUT2D eigenvalue weighted by Gasteiger charge is 2.22. The Balaban J connectivity index is 2.31. The molecule has 0 bridgehead atoms. The molecule has 0 unspecified atom stereocenters. The number of nitrogens with two attached hydrogens (primary N) is 1. The van der Waals surface area contributed by atoms with E-state index in [-0.39, 0.29) is 13.2 Å². The van der Waals surface area contributed by atoms with E-state index in [1.165, 1.54) is 0 Å². The van der Waals surface area contributed by atoms with Gasteiger partial charge >= 0.3 is 0 Å². The molecule has 4 nitrogen and oxygen atoms in total. The maximum absolute atomic E-state index is 9.17. The molecule has 0 aliphatic rings. The molecule has 1 aromatic rings. The summed E-state index contributed by atoms with van der Waals surface area (Å²) >= 11 is 2.23. The van der Waals surface area contributed by atoms with E-state index in [1.54, 1.807) is 0 Å². The van der Waals surface area contributed by atoms with Crippen molar-refractivity contribution in [3.05, 3.63) is 40.0 Å². The van der Waals surface area contributed by atoms with Crippen molar-refractivity contribution in [2.45, 2.75) is 37.6 Å². The van der Waals surface area contributed by atoms with E-state index in [0.717, 1.165) is 43.6 Å². The molecular formula is C17H26INO3. The van der Waals surface area contributed by atoms with Crippen LogP contribution in [-0.4, -0.2) is 35.6 Å². The van der Waals surface area contributed by atoms with E-state index < -0.39 is 5.54 Å². The summed E-state index contributed by atoms with van der Waals surface area (Å²) in [5, 5.41) is 18.3. The molecule has 0 atom stereocenters. The van der Waals surface area contributed by atoms with E-state index in [1.807, 2.05) is 28.3 Å². The molecule has 0 spiro atoms. The maximum Gasteiger partial charge on any atom is 0.119 e. The van der Waals surface area contributed by atoms with Gasteiger partial charge in [-0.25, -0.2) is 0 Å². The van der Waals surface area contributed by atoms with E-state index in [2.05, 4.69) is 28.7 Å². The van der Waals surface area contributed by atoms with E-state index in [0.29, 0.717) is 6.42 Å². The molecule has 124 valence electrons. The van der Waals surface area contributed by atoms with Crippen LogP contribution in [0.3, 0.4) is 0 Å². The molecule has 0 saturated heterocycles. The lowest BCUT2D eigenvalue weighted by Crippen LogP contribution is -2.47. The lowest BCUT2D eigenvalue weighted by atomic mass is 9.94. The van der Waals surface area contributed by atoms with Crippen LogP contribution in [0.4, 0.5) is 0 Å². The Kier molecular flexibility index (Phi) is 9.70. The van der Waals surface area contributed by atoms with Crippen LogP contribution in [0.1, 0.15) is 31.2 Å². The van der Waals surface area contributed by atoms with Crippen LogP contribution in [0, 0.1) is 0 Å². The van der Waals surface area contributed by atoms with Gasteiger partial charge in [-0.15, -0.1) is 0 Å². The third kappa shape index (κ3) is 7.58. The van der Waals surface area contributed by atoms with Crippen molar-refractivity contribution in [1.82, 2.24) is 0 Å². The van der Waals surface area contributed by atoms with E-state index in [9.17, 15) is 10.2 Å². The van der Waals surface area contributed by atoms with Crippen LogP contribution in [0.25, 0.3) is 0 Å². The lowest BCUT2D eigenvalue weighted by molar-refractivity contribution is 0.115. The standard InChI is InChI=1S/C17H26INO3/c18-11-3-1-2-4-12-22-16-7-5-15(6-8-16)9-10-17(19,13-20)14-21/h3,5-8,11,20-21H,1-2,4,9-10,12-14,19H2/b11-3-. The van der Waals surface area contributed by atoms with Gasteiger partial charge in [-0.05, 0) is 53.9 Å². The van der Waals surface area contributed by atoms with Gasteiger partial charge in [0.1, 0.15) is 5.75 Å². The molecule has 0 radical (unpaired) electrons. The molecule has 1 rings (SSSR count). The summed E-state index contributed by atoms with van der Waals surface area (Å²) in [6.07, 6.45) is 6.71. The quantitative estimate of drug-likeness (QED) is 0.381. The lowest BCUT2D eigenvalue weighted by Gasteiger charge is -2.24. The van der Waals surface area contributed by atoms with Crippen LogP contribution >= 0.6 is 22.6 Å². The van der Waals surface area contributed by atoms with Crippen molar-refractivity contribution in [3.8, 4) is 5.75 Å². The van der Waals surface area contributed by atoms with Crippen LogP contribution in [0.5, 0.6) is 5.75 Å². The minimum atomic E-state index is -0.901. The SMILES string of the molecule is NC(CO)(CO)CCc1ccc(OCCCC/C=C\I)cc1. The Hall–Kier alpha value is -0.630. The Morgan fingerprint density at radius 1 is 1.14 bits per heavy atom. The maximum atomic E-state index is 9.17. The first-order chi connectivity index (χ1) is 10.6. The number of aryl methyl sites for hydroxylation is 1. The van der Waals surface area contributed by atoms with Crippen molar-refractivity contribution in [3.63, 3.8) is 0 Å². The molecule has 0 fully saturated rings. The topological polar surface area (TPSA) is 75.7 Å². The van der Waals surface area contributed by atoms with Gasteiger partial charge in [-0.3, -0.25) is 0 Å². The van der Waals surface area contributed by atoms with Gasteiger partial charge in [0.15, 0.2) is 0 Å². The average molecular weight is 419 g/mol. The number of ether oxygens (including phenoxy) is 1. The van der Waals surface area contributed by atoms with Crippen molar-refractivity contribution in [1.29, 1.82) is 0 Å².